The Morgan fingerprint density at radius 3 is 3.30 bits per heavy atom. The predicted octanol–water partition coefficient (Wildman–Crippen LogP) is 1.85. The summed E-state index contributed by atoms with van der Waals surface area (Å²) < 4.78 is 4.99. The van der Waals surface area contributed by atoms with Crippen LogP contribution in [0.25, 0.3) is 10.5 Å². The van der Waals surface area contributed by atoms with Crippen LogP contribution in [0.5, 0.6) is 0 Å². The third kappa shape index (κ3) is 0.724. The summed E-state index contributed by atoms with van der Waals surface area (Å²) in [6.07, 6.45) is 2.38. The van der Waals surface area contributed by atoms with Crippen molar-refractivity contribution in [2.45, 2.75) is 13.3 Å². The van der Waals surface area contributed by atoms with Crippen LogP contribution >= 0.6 is 11.3 Å². The van der Waals surface area contributed by atoms with E-state index in [1.165, 1.54) is 6.39 Å². The van der Waals surface area contributed by atoms with E-state index in [1.54, 1.807) is 11.3 Å². The molecule has 2 rings (SSSR count). The number of hydrogen-bond donors (Lipinski definition) is 0. The first-order chi connectivity index (χ1) is 4.90. The molecule has 0 aromatic carbocycles. The van der Waals surface area contributed by atoms with Crippen LogP contribution in [0.4, 0.5) is 0 Å². The fourth-order valence-corrected chi connectivity index (χ4v) is 1.55. The first-order valence-corrected chi connectivity index (χ1v) is 3.90. The molecule has 0 N–H and O–H groups in total. The van der Waals surface area contributed by atoms with Crippen molar-refractivity contribution in [3.8, 4) is 0 Å². The largest absolute Gasteiger partial charge is 0.424 e. The van der Waals surface area contributed by atoms with E-state index < -0.39 is 0 Å². The van der Waals surface area contributed by atoms with E-state index in [9.17, 15) is 0 Å². The van der Waals surface area contributed by atoms with Gasteiger partial charge in [-0.1, -0.05) is 18.3 Å². The van der Waals surface area contributed by atoms with Gasteiger partial charge >= 0.3 is 0 Å². The summed E-state index contributed by atoms with van der Waals surface area (Å²) in [6.45, 7) is 2.07. The first-order valence-electron chi connectivity index (χ1n) is 3.09. The molecule has 52 valence electrons. The first kappa shape index (κ1) is 5.85. The average molecular weight is 154 g/mol. The topological polar surface area (TPSA) is 38.9 Å². The number of oxazole rings is 1. The second-order valence-corrected chi connectivity index (χ2v) is 2.99. The van der Waals surface area contributed by atoms with Crippen molar-refractivity contribution in [3.05, 3.63) is 11.4 Å². The Kier molecular flexibility index (Phi) is 1.20. The van der Waals surface area contributed by atoms with Gasteiger partial charge in [0.25, 0.3) is 5.71 Å². The summed E-state index contributed by atoms with van der Waals surface area (Å²) in [5, 5.41) is 1.09. The number of fused-ring (bicyclic) bond motifs is 1. The molecule has 0 aliphatic heterocycles. The van der Waals surface area contributed by atoms with Gasteiger partial charge < -0.3 is 4.42 Å². The number of rotatable bonds is 1. The quantitative estimate of drug-likeness (QED) is 0.629. The molecule has 2 aromatic heterocycles. The zero-order valence-electron chi connectivity index (χ0n) is 5.50. The Morgan fingerprint density at radius 2 is 2.60 bits per heavy atom. The zero-order chi connectivity index (χ0) is 6.97. The average Bonchev–Trinajstić information content (AvgIpc) is 2.42. The predicted molar refractivity (Wildman–Crippen MR) is 39.1 cm³/mol. The van der Waals surface area contributed by atoms with Crippen molar-refractivity contribution in [3.63, 3.8) is 0 Å². The Morgan fingerprint density at radius 1 is 1.70 bits per heavy atom. The summed E-state index contributed by atoms with van der Waals surface area (Å²) in [5.41, 5.74) is 0.668. The van der Waals surface area contributed by atoms with Gasteiger partial charge in [0.15, 0.2) is 11.2 Å². The van der Waals surface area contributed by atoms with Crippen LogP contribution in [0.1, 0.15) is 11.9 Å². The molecule has 2 heterocycles. The molecule has 0 spiro atoms. The van der Waals surface area contributed by atoms with E-state index in [0.717, 1.165) is 16.3 Å². The number of aromatic nitrogens is 2. The minimum Gasteiger partial charge on any atom is -0.424 e. The lowest BCUT2D eigenvalue weighted by atomic mass is 10.5. The molecule has 0 aliphatic carbocycles. The van der Waals surface area contributed by atoms with Crippen LogP contribution < -0.4 is 0 Å². The van der Waals surface area contributed by atoms with Gasteiger partial charge in [0.2, 0.25) is 0 Å². The Bertz CT molecular complexity index is 309. The van der Waals surface area contributed by atoms with E-state index in [4.69, 9.17) is 4.42 Å². The number of aryl methyl sites for hydroxylation is 1. The van der Waals surface area contributed by atoms with E-state index in [-0.39, 0.29) is 0 Å². The second-order valence-electron chi connectivity index (χ2n) is 1.92. The third-order valence-electron chi connectivity index (χ3n) is 1.26. The molecule has 3 nitrogen and oxygen atoms in total. The van der Waals surface area contributed by atoms with E-state index >= 15 is 0 Å². The molecular formula is C6H6N2OS. The Hall–Kier alpha value is -0.900. The van der Waals surface area contributed by atoms with Gasteiger partial charge in [-0.3, -0.25) is 0 Å². The Balaban J connectivity index is 2.67. The summed E-state index contributed by atoms with van der Waals surface area (Å²) >= 11 is 1.59. The normalized spacial score (nSPS) is 10.9. The van der Waals surface area contributed by atoms with Crippen molar-refractivity contribution in [1.82, 2.24) is 9.97 Å². The summed E-state index contributed by atoms with van der Waals surface area (Å²) in [6, 6.07) is 0. The van der Waals surface area contributed by atoms with Gasteiger partial charge in [-0.25, -0.2) is 9.97 Å². The SMILES string of the molecule is CCc1nc2ocnc2s1. The van der Waals surface area contributed by atoms with Crippen LogP contribution in [0.15, 0.2) is 10.8 Å². The molecule has 0 bridgehead atoms. The molecule has 0 fully saturated rings. The standard InChI is InChI=1S/C6H6N2OS/c1-2-4-8-5-6(10-4)7-3-9-5/h3H,2H2,1H3. The maximum atomic E-state index is 4.99. The highest BCUT2D eigenvalue weighted by Crippen LogP contribution is 2.19. The minimum atomic E-state index is 0.668. The maximum Gasteiger partial charge on any atom is 0.258 e. The van der Waals surface area contributed by atoms with Crippen LogP contribution in [-0.2, 0) is 6.42 Å². The Labute approximate surface area is 61.7 Å². The molecule has 10 heavy (non-hydrogen) atoms. The van der Waals surface area contributed by atoms with Crippen LogP contribution in [0, 0.1) is 0 Å². The summed E-state index contributed by atoms with van der Waals surface area (Å²) in [4.78, 5) is 9.06. The molecule has 0 unspecified atom stereocenters. The van der Waals surface area contributed by atoms with Gasteiger partial charge in [-0.05, 0) is 6.42 Å². The number of nitrogens with zero attached hydrogens (tertiary/aromatic N) is 2. The molecule has 4 heteroatoms. The molecule has 0 saturated carbocycles. The molecule has 2 aromatic rings. The van der Waals surface area contributed by atoms with Crippen molar-refractivity contribution in [2.24, 2.45) is 0 Å². The monoisotopic (exact) mass is 154 g/mol. The molecule has 0 aliphatic rings. The third-order valence-corrected chi connectivity index (χ3v) is 2.35. The smallest absolute Gasteiger partial charge is 0.258 e. The molecule has 0 amide bonds. The highest BCUT2D eigenvalue weighted by atomic mass is 32.1. The fourth-order valence-electron chi connectivity index (χ4n) is 0.773. The summed E-state index contributed by atoms with van der Waals surface area (Å²) in [7, 11) is 0. The zero-order valence-corrected chi connectivity index (χ0v) is 6.31. The van der Waals surface area contributed by atoms with E-state index in [2.05, 4.69) is 16.9 Å². The molecule has 0 radical (unpaired) electrons. The number of thiazole rings is 1. The summed E-state index contributed by atoms with van der Waals surface area (Å²) in [5.74, 6) is 0. The van der Waals surface area contributed by atoms with Crippen molar-refractivity contribution in [2.75, 3.05) is 0 Å². The van der Waals surface area contributed by atoms with Crippen LogP contribution in [-0.4, -0.2) is 9.97 Å². The lowest BCUT2D eigenvalue weighted by molar-refractivity contribution is 0.590. The van der Waals surface area contributed by atoms with Crippen LogP contribution in [0.3, 0.4) is 0 Å². The van der Waals surface area contributed by atoms with Gasteiger partial charge in [0.1, 0.15) is 0 Å². The van der Waals surface area contributed by atoms with Gasteiger partial charge in [-0.15, -0.1) is 0 Å². The van der Waals surface area contributed by atoms with E-state index in [0.29, 0.717) is 5.71 Å². The molecule has 0 atom stereocenters. The lowest BCUT2D eigenvalue weighted by Gasteiger charge is -1.78. The van der Waals surface area contributed by atoms with Crippen molar-refractivity contribution < 1.29 is 4.42 Å². The molecular weight excluding hydrogens is 148 g/mol. The van der Waals surface area contributed by atoms with Crippen molar-refractivity contribution in [1.29, 1.82) is 0 Å². The molecule has 0 saturated heterocycles. The highest BCUT2D eigenvalue weighted by molar-refractivity contribution is 7.18. The minimum absolute atomic E-state index is 0.668. The van der Waals surface area contributed by atoms with Gasteiger partial charge in [0.05, 0.1) is 5.01 Å². The van der Waals surface area contributed by atoms with Crippen LogP contribution in [0.2, 0.25) is 0 Å². The fraction of sp³-hybridized carbons (Fsp3) is 0.333. The lowest BCUT2D eigenvalue weighted by Crippen LogP contribution is -1.72. The second kappa shape index (κ2) is 2.05. The van der Waals surface area contributed by atoms with Crippen molar-refractivity contribution >= 4 is 21.9 Å². The van der Waals surface area contributed by atoms with E-state index in [1.807, 2.05) is 0 Å². The maximum absolute atomic E-state index is 4.99. The highest BCUT2D eigenvalue weighted by Gasteiger charge is 2.04. The number of hydrogen-bond acceptors (Lipinski definition) is 4. The van der Waals surface area contributed by atoms with Gasteiger partial charge in [0, 0.05) is 0 Å². The van der Waals surface area contributed by atoms with Gasteiger partial charge in [-0.2, -0.15) is 0 Å².